The van der Waals surface area contributed by atoms with Gasteiger partial charge in [-0.15, -0.1) is 0 Å². The number of aliphatic hydroxyl groups is 1. The predicted octanol–water partition coefficient (Wildman–Crippen LogP) is 0.610. The molecular weight excluding hydrogens is 180 g/mol. The van der Waals surface area contributed by atoms with Gasteiger partial charge >= 0.3 is 0 Å². The number of nitrogens with two attached hydrogens (primary N) is 1. The molecule has 0 aromatic carbocycles. The lowest BCUT2D eigenvalue weighted by molar-refractivity contribution is 0.228. The smallest absolute Gasteiger partial charge is 0.216 e. The van der Waals surface area contributed by atoms with E-state index in [1.165, 1.54) is 0 Å². The average molecular weight is 196 g/mol. The number of aromatic nitrogens is 1. The second-order valence-corrected chi connectivity index (χ2v) is 3.03. The van der Waals surface area contributed by atoms with Gasteiger partial charge in [0, 0.05) is 31.3 Å². The third-order valence-corrected chi connectivity index (χ3v) is 2.03. The molecule has 1 heterocycles. The van der Waals surface area contributed by atoms with Crippen LogP contribution in [0, 0.1) is 6.92 Å². The largest absolute Gasteiger partial charge is 0.477 e. The van der Waals surface area contributed by atoms with Crippen molar-refractivity contribution in [3.8, 4) is 5.88 Å². The molecule has 0 fully saturated rings. The predicted molar refractivity (Wildman–Crippen MR) is 54.1 cm³/mol. The molecule has 0 radical (unpaired) electrons. The highest BCUT2D eigenvalue weighted by atomic mass is 16.5. The topological polar surface area (TPSA) is 68.4 Å². The van der Waals surface area contributed by atoms with E-state index in [2.05, 4.69) is 4.98 Å². The van der Waals surface area contributed by atoms with E-state index in [9.17, 15) is 0 Å². The maximum atomic E-state index is 8.59. The number of hydrogen-bond donors (Lipinski definition) is 2. The van der Waals surface area contributed by atoms with Crippen molar-refractivity contribution in [2.45, 2.75) is 19.9 Å². The minimum Gasteiger partial charge on any atom is -0.477 e. The molecule has 4 heteroatoms. The molecule has 0 saturated carbocycles. The Labute approximate surface area is 83.7 Å². The second kappa shape index (κ2) is 5.57. The molecule has 0 saturated heterocycles. The summed E-state index contributed by atoms with van der Waals surface area (Å²) in [5.74, 6) is 0.612. The Morgan fingerprint density at radius 2 is 2.36 bits per heavy atom. The van der Waals surface area contributed by atoms with Crippen molar-refractivity contribution in [3.63, 3.8) is 0 Å². The van der Waals surface area contributed by atoms with Crippen LogP contribution in [0.4, 0.5) is 0 Å². The van der Waals surface area contributed by atoms with Gasteiger partial charge in [-0.25, -0.2) is 4.98 Å². The molecule has 1 rings (SSSR count). The number of rotatable bonds is 5. The molecule has 0 atom stereocenters. The molecule has 78 valence electrons. The minimum absolute atomic E-state index is 0.135. The fraction of sp³-hybridized carbons (Fsp3) is 0.500. The summed E-state index contributed by atoms with van der Waals surface area (Å²) in [5.41, 5.74) is 7.57. The summed E-state index contributed by atoms with van der Waals surface area (Å²) in [6.07, 6.45) is 2.30. The van der Waals surface area contributed by atoms with Crippen molar-refractivity contribution in [1.29, 1.82) is 0 Å². The van der Waals surface area contributed by atoms with Gasteiger partial charge in [-0.3, -0.25) is 0 Å². The Morgan fingerprint density at radius 3 is 3.00 bits per heavy atom. The zero-order valence-corrected chi connectivity index (χ0v) is 8.36. The lowest BCUT2D eigenvalue weighted by Crippen LogP contribution is -2.06. The standard InChI is InChI=1S/C10H16N2O2/c1-8-9(7-11)3-4-12-10(8)14-6-2-5-13/h3-4,13H,2,5-7,11H2,1H3. The second-order valence-electron chi connectivity index (χ2n) is 3.03. The molecule has 0 bridgehead atoms. The monoisotopic (exact) mass is 196 g/mol. The normalized spacial score (nSPS) is 10.2. The van der Waals surface area contributed by atoms with E-state index in [0.717, 1.165) is 11.1 Å². The minimum atomic E-state index is 0.135. The number of ether oxygens (including phenoxy) is 1. The van der Waals surface area contributed by atoms with Gasteiger partial charge in [-0.1, -0.05) is 0 Å². The number of hydrogen-bond acceptors (Lipinski definition) is 4. The molecule has 0 spiro atoms. The Balaban J connectivity index is 2.66. The lowest BCUT2D eigenvalue weighted by atomic mass is 10.1. The van der Waals surface area contributed by atoms with Crippen molar-refractivity contribution < 1.29 is 9.84 Å². The number of aliphatic hydroxyl groups excluding tert-OH is 1. The van der Waals surface area contributed by atoms with Gasteiger partial charge in [0.15, 0.2) is 0 Å². The SMILES string of the molecule is Cc1c(CN)ccnc1OCCCO. The zero-order chi connectivity index (χ0) is 10.4. The molecule has 3 N–H and O–H groups in total. The van der Waals surface area contributed by atoms with E-state index in [1.54, 1.807) is 6.20 Å². The Bertz CT molecular complexity index is 289. The Hall–Kier alpha value is -1.13. The Morgan fingerprint density at radius 1 is 1.57 bits per heavy atom. The molecule has 0 aliphatic heterocycles. The van der Waals surface area contributed by atoms with Crippen molar-refractivity contribution in [3.05, 3.63) is 23.4 Å². The fourth-order valence-electron chi connectivity index (χ4n) is 1.15. The van der Waals surface area contributed by atoms with Crippen LogP contribution in [-0.2, 0) is 6.54 Å². The van der Waals surface area contributed by atoms with E-state index in [0.29, 0.717) is 25.5 Å². The summed E-state index contributed by atoms with van der Waals surface area (Å²) in [5, 5.41) is 8.59. The zero-order valence-electron chi connectivity index (χ0n) is 8.36. The third kappa shape index (κ3) is 2.68. The maximum Gasteiger partial charge on any atom is 0.216 e. The molecule has 4 nitrogen and oxygen atoms in total. The van der Waals surface area contributed by atoms with Crippen LogP contribution in [0.25, 0.3) is 0 Å². The number of pyridine rings is 1. The van der Waals surface area contributed by atoms with Gasteiger partial charge < -0.3 is 15.6 Å². The highest BCUT2D eigenvalue weighted by Gasteiger charge is 2.04. The molecule has 0 unspecified atom stereocenters. The molecule has 0 amide bonds. The first-order valence-electron chi connectivity index (χ1n) is 4.67. The third-order valence-electron chi connectivity index (χ3n) is 2.03. The van der Waals surface area contributed by atoms with Crippen molar-refractivity contribution in [2.24, 2.45) is 5.73 Å². The van der Waals surface area contributed by atoms with E-state index >= 15 is 0 Å². The lowest BCUT2D eigenvalue weighted by Gasteiger charge is -2.09. The first kappa shape index (κ1) is 10.9. The average Bonchev–Trinajstić information content (AvgIpc) is 2.21. The van der Waals surface area contributed by atoms with E-state index < -0.39 is 0 Å². The molecule has 0 aliphatic carbocycles. The highest BCUT2D eigenvalue weighted by molar-refractivity contribution is 5.32. The molecule has 0 aliphatic rings. The quantitative estimate of drug-likeness (QED) is 0.677. The van der Waals surface area contributed by atoms with Crippen LogP contribution >= 0.6 is 0 Å². The molecule has 1 aromatic heterocycles. The molecule has 1 aromatic rings. The molecular formula is C10H16N2O2. The summed E-state index contributed by atoms with van der Waals surface area (Å²) in [6, 6.07) is 1.88. The Kier molecular flexibility index (Phi) is 4.35. The van der Waals surface area contributed by atoms with Crippen LogP contribution in [0.15, 0.2) is 12.3 Å². The first-order chi connectivity index (χ1) is 6.79. The van der Waals surface area contributed by atoms with Crippen molar-refractivity contribution in [1.82, 2.24) is 4.98 Å². The molecule has 14 heavy (non-hydrogen) atoms. The summed E-state index contributed by atoms with van der Waals surface area (Å²) in [6.45, 7) is 3.04. The van der Waals surface area contributed by atoms with Gasteiger partial charge in [-0.05, 0) is 18.6 Å². The highest BCUT2D eigenvalue weighted by Crippen LogP contribution is 2.17. The maximum absolute atomic E-state index is 8.59. The van der Waals surface area contributed by atoms with E-state index in [4.69, 9.17) is 15.6 Å². The van der Waals surface area contributed by atoms with Gasteiger partial charge in [-0.2, -0.15) is 0 Å². The summed E-state index contributed by atoms with van der Waals surface area (Å²) in [4.78, 5) is 4.10. The van der Waals surface area contributed by atoms with Crippen LogP contribution in [0.1, 0.15) is 17.5 Å². The fourth-order valence-corrected chi connectivity index (χ4v) is 1.15. The van der Waals surface area contributed by atoms with Crippen molar-refractivity contribution in [2.75, 3.05) is 13.2 Å². The van der Waals surface area contributed by atoms with Gasteiger partial charge in [0.05, 0.1) is 6.61 Å². The summed E-state index contributed by atoms with van der Waals surface area (Å²) < 4.78 is 5.39. The van der Waals surface area contributed by atoms with Crippen LogP contribution < -0.4 is 10.5 Å². The summed E-state index contributed by atoms with van der Waals surface area (Å²) >= 11 is 0. The van der Waals surface area contributed by atoms with Gasteiger partial charge in [0.25, 0.3) is 0 Å². The number of nitrogens with zero attached hydrogens (tertiary/aromatic N) is 1. The van der Waals surface area contributed by atoms with Gasteiger partial charge in [0.1, 0.15) is 0 Å². The first-order valence-corrected chi connectivity index (χ1v) is 4.67. The van der Waals surface area contributed by atoms with Crippen LogP contribution in [0.3, 0.4) is 0 Å². The summed E-state index contributed by atoms with van der Waals surface area (Å²) in [7, 11) is 0. The van der Waals surface area contributed by atoms with Crippen LogP contribution in [-0.4, -0.2) is 23.3 Å². The van der Waals surface area contributed by atoms with E-state index in [-0.39, 0.29) is 6.61 Å². The van der Waals surface area contributed by atoms with E-state index in [1.807, 2.05) is 13.0 Å². The van der Waals surface area contributed by atoms with Crippen molar-refractivity contribution >= 4 is 0 Å². The van der Waals surface area contributed by atoms with Crippen LogP contribution in [0.5, 0.6) is 5.88 Å². The van der Waals surface area contributed by atoms with Crippen LogP contribution in [0.2, 0.25) is 0 Å². The van der Waals surface area contributed by atoms with Gasteiger partial charge in [0.2, 0.25) is 5.88 Å².